The molecule has 0 bridgehead atoms. The molecule has 2 heterocycles. The van der Waals surface area contributed by atoms with Crippen molar-refractivity contribution < 1.29 is 9.53 Å². The van der Waals surface area contributed by atoms with Gasteiger partial charge in [-0.3, -0.25) is 9.69 Å². The number of nitrogens with two attached hydrogens (primary N) is 1. The van der Waals surface area contributed by atoms with Crippen molar-refractivity contribution in [3.8, 4) is 11.3 Å². The summed E-state index contributed by atoms with van der Waals surface area (Å²) in [4.78, 5) is 20.5. The maximum absolute atomic E-state index is 11.6. The van der Waals surface area contributed by atoms with Crippen molar-refractivity contribution in [1.82, 2.24) is 14.8 Å². The van der Waals surface area contributed by atoms with Crippen LogP contribution >= 0.6 is 0 Å². The standard InChI is InChI=1S/C21H28N4O2/c1-2-27-21(26)16-25-14-12-24(13-15-25)11-10-17-6-8-18(9-7-17)19-4-3-5-20(22)23-19/h3-9H,2,10-16H2,1H3,(H2,22,23). The third-order valence-corrected chi connectivity index (χ3v) is 4.86. The fourth-order valence-corrected chi connectivity index (χ4v) is 3.30. The van der Waals surface area contributed by atoms with E-state index in [1.807, 2.05) is 19.1 Å². The van der Waals surface area contributed by atoms with Crippen molar-refractivity contribution in [2.45, 2.75) is 13.3 Å². The highest BCUT2D eigenvalue weighted by Crippen LogP contribution is 2.19. The Labute approximate surface area is 160 Å². The fourth-order valence-electron chi connectivity index (χ4n) is 3.30. The first-order chi connectivity index (χ1) is 13.1. The Bertz CT molecular complexity index is 740. The number of carbonyl (C=O) groups excluding carboxylic acids is 1. The monoisotopic (exact) mass is 368 g/mol. The summed E-state index contributed by atoms with van der Waals surface area (Å²) in [6.45, 7) is 7.54. The molecule has 0 aliphatic carbocycles. The normalized spacial score (nSPS) is 15.6. The van der Waals surface area contributed by atoms with Crippen molar-refractivity contribution in [2.24, 2.45) is 0 Å². The van der Waals surface area contributed by atoms with Gasteiger partial charge in [0.2, 0.25) is 0 Å². The number of hydrogen-bond acceptors (Lipinski definition) is 6. The second kappa shape index (κ2) is 9.48. The van der Waals surface area contributed by atoms with E-state index in [9.17, 15) is 4.79 Å². The molecule has 27 heavy (non-hydrogen) atoms. The summed E-state index contributed by atoms with van der Waals surface area (Å²) in [5.74, 6) is 0.416. The van der Waals surface area contributed by atoms with Gasteiger partial charge in [0.15, 0.2) is 0 Å². The molecule has 0 amide bonds. The number of nitrogen functional groups attached to an aromatic ring is 1. The van der Waals surface area contributed by atoms with Crippen LogP contribution in [0, 0.1) is 0 Å². The molecule has 2 aromatic rings. The van der Waals surface area contributed by atoms with Gasteiger partial charge < -0.3 is 15.4 Å². The Kier molecular flexibility index (Phi) is 6.79. The molecule has 1 aromatic heterocycles. The van der Waals surface area contributed by atoms with E-state index >= 15 is 0 Å². The smallest absolute Gasteiger partial charge is 0.320 e. The van der Waals surface area contributed by atoms with Gasteiger partial charge in [0.25, 0.3) is 0 Å². The first-order valence-corrected chi connectivity index (χ1v) is 9.56. The molecular formula is C21H28N4O2. The van der Waals surface area contributed by atoms with Gasteiger partial charge in [-0.1, -0.05) is 30.3 Å². The summed E-state index contributed by atoms with van der Waals surface area (Å²) in [7, 11) is 0. The Hall–Kier alpha value is -2.44. The summed E-state index contributed by atoms with van der Waals surface area (Å²) in [5, 5.41) is 0. The van der Waals surface area contributed by atoms with E-state index in [0.29, 0.717) is 19.0 Å². The molecule has 1 aromatic carbocycles. The van der Waals surface area contributed by atoms with Gasteiger partial charge in [0, 0.05) is 38.3 Å². The molecule has 0 atom stereocenters. The lowest BCUT2D eigenvalue weighted by Gasteiger charge is -2.34. The second-order valence-corrected chi connectivity index (χ2v) is 6.82. The molecule has 2 N–H and O–H groups in total. The first-order valence-electron chi connectivity index (χ1n) is 9.56. The summed E-state index contributed by atoms with van der Waals surface area (Å²) in [6, 6.07) is 14.2. The quantitative estimate of drug-likeness (QED) is 0.754. The van der Waals surface area contributed by atoms with E-state index in [2.05, 4.69) is 39.0 Å². The van der Waals surface area contributed by atoms with Crippen LogP contribution in [0.3, 0.4) is 0 Å². The van der Waals surface area contributed by atoms with Gasteiger partial charge >= 0.3 is 5.97 Å². The van der Waals surface area contributed by atoms with Crippen molar-refractivity contribution in [2.75, 3.05) is 51.6 Å². The zero-order chi connectivity index (χ0) is 19.1. The number of benzene rings is 1. The number of pyridine rings is 1. The minimum atomic E-state index is -0.124. The average Bonchev–Trinajstić information content (AvgIpc) is 2.68. The molecular weight excluding hydrogens is 340 g/mol. The highest BCUT2D eigenvalue weighted by Gasteiger charge is 2.19. The second-order valence-electron chi connectivity index (χ2n) is 6.82. The van der Waals surface area contributed by atoms with Crippen LogP contribution in [0.4, 0.5) is 5.82 Å². The van der Waals surface area contributed by atoms with E-state index in [-0.39, 0.29) is 5.97 Å². The number of piperazine rings is 1. The average molecular weight is 368 g/mol. The molecule has 6 nitrogen and oxygen atoms in total. The van der Waals surface area contributed by atoms with Gasteiger partial charge in [0.1, 0.15) is 5.82 Å². The van der Waals surface area contributed by atoms with E-state index < -0.39 is 0 Å². The fraction of sp³-hybridized carbons (Fsp3) is 0.429. The zero-order valence-corrected chi connectivity index (χ0v) is 15.9. The molecule has 0 spiro atoms. The van der Waals surface area contributed by atoms with Crippen LogP contribution in [0.2, 0.25) is 0 Å². The number of hydrogen-bond donors (Lipinski definition) is 1. The first kappa shape index (κ1) is 19.3. The van der Waals surface area contributed by atoms with Crippen LogP contribution in [-0.4, -0.2) is 66.6 Å². The SMILES string of the molecule is CCOC(=O)CN1CCN(CCc2ccc(-c3cccc(N)n3)cc2)CC1. The number of esters is 1. The zero-order valence-electron chi connectivity index (χ0n) is 15.9. The predicted octanol–water partition coefficient (Wildman–Crippen LogP) is 2.05. The largest absolute Gasteiger partial charge is 0.465 e. The Morgan fingerprint density at radius 3 is 2.44 bits per heavy atom. The lowest BCUT2D eigenvalue weighted by Crippen LogP contribution is -2.48. The Morgan fingerprint density at radius 1 is 1.07 bits per heavy atom. The van der Waals surface area contributed by atoms with Crippen LogP contribution < -0.4 is 5.73 Å². The number of nitrogens with zero attached hydrogens (tertiary/aromatic N) is 3. The number of rotatable bonds is 7. The third kappa shape index (κ3) is 5.77. The molecule has 1 aliphatic heterocycles. The van der Waals surface area contributed by atoms with Gasteiger partial charge in [-0.2, -0.15) is 0 Å². The molecule has 0 radical (unpaired) electrons. The van der Waals surface area contributed by atoms with Gasteiger partial charge in [0.05, 0.1) is 18.8 Å². The van der Waals surface area contributed by atoms with Gasteiger partial charge in [-0.05, 0) is 31.0 Å². The van der Waals surface area contributed by atoms with E-state index in [1.54, 1.807) is 6.07 Å². The summed E-state index contributed by atoms with van der Waals surface area (Å²) >= 11 is 0. The van der Waals surface area contributed by atoms with Crippen LogP contribution in [0.15, 0.2) is 42.5 Å². The molecule has 1 fully saturated rings. The van der Waals surface area contributed by atoms with Crippen LogP contribution in [0.25, 0.3) is 11.3 Å². The van der Waals surface area contributed by atoms with Crippen molar-refractivity contribution in [3.05, 3.63) is 48.0 Å². The number of aromatic nitrogens is 1. The minimum Gasteiger partial charge on any atom is -0.465 e. The Balaban J connectivity index is 1.44. The van der Waals surface area contributed by atoms with Crippen LogP contribution in [0.1, 0.15) is 12.5 Å². The molecule has 1 aliphatic rings. The van der Waals surface area contributed by atoms with E-state index in [4.69, 9.17) is 10.5 Å². The van der Waals surface area contributed by atoms with Crippen molar-refractivity contribution in [3.63, 3.8) is 0 Å². The molecule has 144 valence electrons. The number of ether oxygens (including phenoxy) is 1. The third-order valence-electron chi connectivity index (χ3n) is 4.86. The number of anilines is 1. The summed E-state index contributed by atoms with van der Waals surface area (Å²) in [6.07, 6.45) is 1.02. The van der Waals surface area contributed by atoms with Crippen LogP contribution in [0.5, 0.6) is 0 Å². The van der Waals surface area contributed by atoms with Crippen molar-refractivity contribution >= 4 is 11.8 Å². The lowest BCUT2D eigenvalue weighted by molar-refractivity contribution is -0.144. The van der Waals surface area contributed by atoms with Gasteiger partial charge in [-0.15, -0.1) is 0 Å². The Morgan fingerprint density at radius 2 is 1.78 bits per heavy atom. The lowest BCUT2D eigenvalue weighted by atomic mass is 10.1. The summed E-state index contributed by atoms with van der Waals surface area (Å²) in [5.41, 5.74) is 9.06. The number of carbonyl (C=O) groups is 1. The summed E-state index contributed by atoms with van der Waals surface area (Å²) < 4.78 is 5.02. The molecule has 6 heteroatoms. The molecule has 1 saturated heterocycles. The molecule has 0 unspecified atom stereocenters. The highest BCUT2D eigenvalue weighted by molar-refractivity contribution is 5.71. The molecule has 3 rings (SSSR count). The van der Waals surface area contributed by atoms with Crippen LogP contribution in [-0.2, 0) is 16.0 Å². The minimum absolute atomic E-state index is 0.124. The van der Waals surface area contributed by atoms with E-state index in [1.165, 1.54) is 5.56 Å². The van der Waals surface area contributed by atoms with E-state index in [0.717, 1.165) is 50.4 Å². The topological polar surface area (TPSA) is 71.7 Å². The van der Waals surface area contributed by atoms with Crippen molar-refractivity contribution in [1.29, 1.82) is 0 Å². The van der Waals surface area contributed by atoms with Gasteiger partial charge in [-0.25, -0.2) is 4.98 Å². The predicted molar refractivity (Wildman–Crippen MR) is 107 cm³/mol. The molecule has 0 saturated carbocycles. The highest BCUT2D eigenvalue weighted by atomic mass is 16.5. The maximum Gasteiger partial charge on any atom is 0.320 e. The maximum atomic E-state index is 11.6.